The predicted molar refractivity (Wildman–Crippen MR) is 40.1 cm³/mol. The van der Waals surface area contributed by atoms with Crippen molar-refractivity contribution in [3.8, 4) is 0 Å². The quantitative estimate of drug-likeness (QED) is 0.593. The fourth-order valence-corrected chi connectivity index (χ4v) is 0.725. The molecular weight excluding hydrogens is 130 g/mol. The molecule has 0 saturated carbocycles. The van der Waals surface area contributed by atoms with Gasteiger partial charge in [0, 0.05) is 12.1 Å². The number of rotatable bonds is 3. The number of nitrogens with zero attached hydrogens (tertiary/aromatic N) is 1. The van der Waals surface area contributed by atoms with Gasteiger partial charge in [0.25, 0.3) is 0 Å². The minimum absolute atomic E-state index is 0.0712. The molecule has 10 heavy (non-hydrogen) atoms. The van der Waals surface area contributed by atoms with Gasteiger partial charge in [-0.1, -0.05) is 0 Å². The van der Waals surface area contributed by atoms with Gasteiger partial charge in [-0.25, -0.2) is 0 Å². The van der Waals surface area contributed by atoms with Gasteiger partial charge >= 0.3 is 0 Å². The van der Waals surface area contributed by atoms with Crippen molar-refractivity contribution in [3.63, 3.8) is 0 Å². The molecule has 3 heteroatoms. The summed E-state index contributed by atoms with van der Waals surface area (Å²) in [5, 5.41) is 8.74. The van der Waals surface area contributed by atoms with E-state index < -0.39 is 6.23 Å². The molecule has 1 N–H and O–H groups in total. The van der Waals surface area contributed by atoms with Gasteiger partial charge in [-0.05, 0) is 20.8 Å². The van der Waals surface area contributed by atoms with Crippen molar-refractivity contribution in [2.75, 3.05) is 0 Å². The molecule has 0 bridgehead atoms. The van der Waals surface area contributed by atoms with Crippen LogP contribution < -0.4 is 0 Å². The molecule has 0 saturated heterocycles. The zero-order valence-corrected chi connectivity index (χ0v) is 6.59. The maximum absolute atomic E-state index is 10.5. The molecular formula is C7H13NO2. The molecule has 0 aliphatic rings. The fourth-order valence-electron chi connectivity index (χ4n) is 0.725. The van der Waals surface area contributed by atoms with Crippen LogP contribution in [0.15, 0.2) is 4.99 Å². The van der Waals surface area contributed by atoms with E-state index in [1.807, 2.05) is 0 Å². The van der Waals surface area contributed by atoms with Crippen LogP contribution in [0.4, 0.5) is 0 Å². The Morgan fingerprint density at radius 2 is 2.10 bits per heavy atom. The summed E-state index contributed by atoms with van der Waals surface area (Å²) in [7, 11) is 0. The van der Waals surface area contributed by atoms with E-state index in [0.29, 0.717) is 12.1 Å². The largest absolute Gasteiger partial charge is 0.372 e. The van der Waals surface area contributed by atoms with Crippen molar-refractivity contribution >= 4 is 11.5 Å². The van der Waals surface area contributed by atoms with Gasteiger partial charge in [-0.2, -0.15) is 0 Å². The second-order valence-electron chi connectivity index (χ2n) is 2.38. The molecule has 0 heterocycles. The van der Waals surface area contributed by atoms with Crippen LogP contribution in [0, 0.1) is 0 Å². The average molecular weight is 143 g/mol. The Hall–Kier alpha value is -0.700. The maximum atomic E-state index is 10.5. The van der Waals surface area contributed by atoms with Crippen molar-refractivity contribution in [1.29, 1.82) is 0 Å². The second kappa shape index (κ2) is 4.17. The molecule has 0 amide bonds. The summed E-state index contributed by atoms with van der Waals surface area (Å²) in [5.41, 5.74) is 0.683. The number of aliphatic imine (C=N–C) groups is 1. The highest BCUT2D eigenvalue weighted by Gasteiger charge is 1.97. The lowest BCUT2D eigenvalue weighted by molar-refractivity contribution is -0.115. The fraction of sp³-hybridized carbons (Fsp3) is 0.714. The molecule has 1 unspecified atom stereocenters. The highest BCUT2D eigenvalue weighted by Crippen LogP contribution is 1.91. The summed E-state index contributed by atoms with van der Waals surface area (Å²) in [6.07, 6.45) is -0.357. The molecule has 1 atom stereocenters. The molecule has 0 aromatic carbocycles. The molecule has 0 rings (SSSR count). The minimum Gasteiger partial charge on any atom is -0.372 e. The van der Waals surface area contributed by atoms with E-state index in [1.165, 1.54) is 6.92 Å². The molecule has 0 aromatic heterocycles. The first-order valence-electron chi connectivity index (χ1n) is 3.23. The van der Waals surface area contributed by atoms with E-state index >= 15 is 0 Å². The number of hydrogen-bond acceptors (Lipinski definition) is 3. The van der Waals surface area contributed by atoms with Crippen LogP contribution >= 0.6 is 0 Å². The molecule has 0 aromatic rings. The lowest BCUT2D eigenvalue weighted by atomic mass is 10.2. The number of ketones is 1. The Morgan fingerprint density at radius 3 is 2.40 bits per heavy atom. The van der Waals surface area contributed by atoms with Gasteiger partial charge in [0.1, 0.15) is 12.0 Å². The number of aliphatic hydroxyl groups excluding tert-OH is 1. The Kier molecular flexibility index (Phi) is 3.88. The van der Waals surface area contributed by atoms with Crippen LogP contribution in [-0.2, 0) is 4.79 Å². The van der Waals surface area contributed by atoms with Crippen LogP contribution in [0.5, 0.6) is 0 Å². The Labute approximate surface area is 60.8 Å². The monoisotopic (exact) mass is 143 g/mol. The number of carbonyl (C=O) groups is 1. The van der Waals surface area contributed by atoms with E-state index in [0.717, 1.165) is 0 Å². The number of carbonyl (C=O) groups excluding carboxylic acids is 1. The van der Waals surface area contributed by atoms with Gasteiger partial charge < -0.3 is 5.11 Å². The molecule has 3 nitrogen and oxygen atoms in total. The van der Waals surface area contributed by atoms with Gasteiger partial charge in [0.05, 0.1) is 0 Å². The van der Waals surface area contributed by atoms with E-state index in [4.69, 9.17) is 5.11 Å². The first kappa shape index (κ1) is 9.30. The highest BCUT2D eigenvalue weighted by atomic mass is 16.3. The smallest absolute Gasteiger partial charge is 0.142 e. The van der Waals surface area contributed by atoms with Gasteiger partial charge in [0.2, 0.25) is 0 Å². The average Bonchev–Trinajstić information content (AvgIpc) is 1.58. The van der Waals surface area contributed by atoms with E-state index in [1.54, 1.807) is 13.8 Å². The Morgan fingerprint density at radius 1 is 1.60 bits per heavy atom. The van der Waals surface area contributed by atoms with E-state index in [-0.39, 0.29) is 5.78 Å². The van der Waals surface area contributed by atoms with Crippen LogP contribution in [0.2, 0.25) is 0 Å². The second-order valence-corrected chi connectivity index (χ2v) is 2.38. The van der Waals surface area contributed by atoms with Crippen LogP contribution in [0.25, 0.3) is 0 Å². The summed E-state index contributed by atoms with van der Waals surface area (Å²) in [4.78, 5) is 14.2. The lowest BCUT2D eigenvalue weighted by Crippen LogP contribution is -2.04. The molecule has 58 valence electrons. The highest BCUT2D eigenvalue weighted by molar-refractivity contribution is 5.99. The maximum Gasteiger partial charge on any atom is 0.142 e. The number of Topliss-reactive ketones (excluding diaryl/α,β-unsaturated/α-hetero) is 1. The molecule has 0 aliphatic carbocycles. The Balaban J connectivity index is 3.82. The van der Waals surface area contributed by atoms with Gasteiger partial charge in [0.15, 0.2) is 0 Å². The van der Waals surface area contributed by atoms with Gasteiger partial charge in [-0.3, -0.25) is 9.79 Å². The summed E-state index contributed by atoms with van der Waals surface area (Å²) in [6.45, 7) is 4.79. The van der Waals surface area contributed by atoms with Crippen molar-refractivity contribution < 1.29 is 9.90 Å². The zero-order chi connectivity index (χ0) is 8.15. The number of aliphatic hydroxyl groups is 1. The molecule has 0 fully saturated rings. The van der Waals surface area contributed by atoms with Crippen molar-refractivity contribution in [2.45, 2.75) is 33.4 Å². The van der Waals surface area contributed by atoms with Gasteiger partial charge in [-0.15, -0.1) is 0 Å². The number of hydrogen-bond donors (Lipinski definition) is 1. The lowest BCUT2D eigenvalue weighted by Gasteiger charge is -1.98. The topological polar surface area (TPSA) is 49.7 Å². The van der Waals surface area contributed by atoms with Crippen molar-refractivity contribution in [1.82, 2.24) is 0 Å². The third-order valence-electron chi connectivity index (χ3n) is 0.912. The third kappa shape index (κ3) is 5.44. The van der Waals surface area contributed by atoms with E-state index in [2.05, 4.69) is 4.99 Å². The van der Waals surface area contributed by atoms with Crippen molar-refractivity contribution in [2.24, 2.45) is 4.99 Å². The normalized spacial score (nSPS) is 15.0. The predicted octanol–water partition coefficient (Wildman–Crippen LogP) is 0.765. The summed E-state index contributed by atoms with van der Waals surface area (Å²) in [6, 6.07) is 0. The Bertz CT molecular complexity index is 150. The van der Waals surface area contributed by atoms with Crippen LogP contribution in [0.1, 0.15) is 27.2 Å². The van der Waals surface area contributed by atoms with Crippen molar-refractivity contribution in [3.05, 3.63) is 0 Å². The first-order valence-corrected chi connectivity index (χ1v) is 3.23. The zero-order valence-electron chi connectivity index (χ0n) is 6.59. The molecule has 0 aliphatic heterocycles. The summed E-state index contributed by atoms with van der Waals surface area (Å²) in [5.74, 6) is 0.0712. The standard InChI is InChI=1S/C7H13NO2/c1-5(4-6(2)9)8-7(3)10/h7,10H,4H2,1-3H3. The van der Waals surface area contributed by atoms with Crippen LogP contribution in [-0.4, -0.2) is 22.8 Å². The van der Waals surface area contributed by atoms with E-state index in [9.17, 15) is 4.79 Å². The van der Waals surface area contributed by atoms with Crippen LogP contribution in [0.3, 0.4) is 0 Å². The SMILES string of the molecule is CC(=O)CC(C)=NC(C)O. The summed E-state index contributed by atoms with van der Waals surface area (Å²) < 4.78 is 0. The molecule has 0 radical (unpaired) electrons. The molecule has 0 spiro atoms. The third-order valence-corrected chi connectivity index (χ3v) is 0.912. The first-order chi connectivity index (χ1) is 4.52. The summed E-state index contributed by atoms with van der Waals surface area (Å²) >= 11 is 0. The minimum atomic E-state index is -0.695.